The maximum atomic E-state index is 12.7. The smallest absolute Gasteiger partial charge is 0.227 e. The van der Waals surface area contributed by atoms with Crippen molar-refractivity contribution in [2.75, 3.05) is 24.6 Å². The maximum Gasteiger partial charge on any atom is 0.227 e. The molecular weight excluding hydrogens is 364 g/mol. The standard InChI is InChI=1S/C21H21ClN2O3/c22-17-5-6-19-18(13-17)24(11-12-27-19)21(26)8-7-20(25)23-10-9-15-3-1-2-4-16(15)14-23/h1-6,13H,7-12,14H2. The predicted octanol–water partition coefficient (Wildman–Crippen LogP) is 3.43. The highest BCUT2D eigenvalue weighted by atomic mass is 35.5. The molecular formula is C21H21ClN2O3. The predicted molar refractivity (Wildman–Crippen MR) is 104 cm³/mol. The summed E-state index contributed by atoms with van der Waals surface area (Å²) in [7, 11) is 0. The number of carbonyl (C=O) groups is 2. The zero-order valence-corrected chi connectivity index (χ0v) is 15.7. The number of hydrogen-bond donors (Lipinski definition) is 0. The average Bonchev–Trinajstić information content (AvgIpc) is 2.70. The number of carbonyl (C=O) groups excluding carboxylic acids is 2. The highest BCUT2D eigenvalue weighted by Crippen LogP contribution is 2.34. The largest absolute Gasteiger partial charge is 0.490 e. The van der Waals surface area contributed by atoms with E-state index in [0.717, 1.165) is 6.42 Å². The molecule has 2 aliphatic heterocycles. The molecule has 5 nitrogen and oxygen atoms in total. The molecule has 0 aliphatic carbocycles. The average molecular weight is 385 g/mol. The third-order valence-corrected chi connectivity index (χ3v) is 5.36. The van der Waals surface area contributed by atoms with E-state index in [2.05, 4.69) is 12.1 Å². The molecule has 2 aromatic rings. The summed E-state index contributed by atoms with van der Waals surface area (Å²) in [6.07, 6.45) is 1.27. The summed E-state index contributed by atoms with van der Waals surface area (Å²) >= 11 is 6.06. The van der Waals surface area contributed by atoms with E-state index in [1.807, 2.05) is 17.0 Å². The molecule has 0 atom stereocenters. The fourth-order valence-electron chi connectivity index (χ4n) is 3.67. The van der Waals surface area contributed by atoms with Gasteiger partial charge in [-0.3, -0.25) is 9.59 Å². The lowest BCUT2D eigenvalue weighted by atomic mass is 9.99. The number of hydrogen-bond acceptors (Lipinski definition) is 3. The quantitative estimate of drug-likeness (QED) is 0.814. The Balaban J connectivity index is 1.38. The van der Waals surface area contributed by atoms with Crippen molar-refractivity contribution < 1.29 is 14.3 Å². The van der Waals surface area contributed by atoms with Crippen LogP contribution in [0.25, 0.3) is 0 Å². The lowest BCUT2D eigenvalue weighted by Gasteiger charge is -2.31. The van der Waals surface area contributed by atoms with Gasteiger partial charge >= 0.3 is 0 Å². The summed E-state index contributed by atoms with van der Waals surface area (Å²) in [5, 5.41) is 0.556. The van der Waals surface area contributed by atoms with Gasteiger partial charge in [0.1, 0.15) is 12.4 Å². The molecule has 0 radical (unpaired) electrons. The van der Waals surface area contributed by atoms with Crippen molar-refractivity contribution in [3.63, 3.8) is 0 Å². The minimum absolute atomic E-state index is 0.0254. The highest BCUT2D eigenvalue weighted by Gasteiger charge is 2.26. The number of ether oxygens (including phenoxy) is 1. The second-order valence-corrected chi connectivity index (χ2v) is 7.28. The number of halogens is 1. The summed E-state index contributed by atoms with van der Waals surface area (Å²) in [6, 6.07) is 13.5. The number of rotatable bonds is 3. The van der Waals surface area contributed by atoms with E-state index >= 15 is 0 Å². The number of benzene rings is 2. The van der Waals surface area contributed by atoms with E-state index < -0.39 is 0 Å². The molecule has 2 aromatic carbocycles. The Morgan fingerprint density at radius 1 is 1.00 bits per heavy atom. The number of anilines is 1. The van der Waals surface area contributed by atoms with E-state index in [0.29, 0.717) is 42.7 Å². The van der Waals surface area contributed by atoms with Gasteiger partial charge in [0.2, 0.25) is 11.8 Å². The minimum Gasteiger partial charge on any atom is -0.490 e. The monoisotopic (exact) mass is 384 g/mol. The van der Waals surface area contributed by atoms with Crippen LogP contribution < -0.4 is 9.64 Å². The van der Waals surface area contributed by atoms with Crippen molar-refractivity contribution in [2.24, 2.45) is 0 Å². The normalized spacial score (nSPS) is 15.6. The van der Waals surface area contributed by atoms with Gasteiger partial charge in [0.25, 0.3) is 0 Å². The lowest BCUT2D eigenvalue weighted by molar-refractivity contribution is -0.134. The first-order valence-electron chi connectivity index (χ1n) is 9.19. The van der Waals surface area contributed by atoms with Crippen LogP contribution in [0.4, 0.5) is 5.69 Å². The van der Waals surface area contributed by atoms with Gasteiger partial charge in [-0.25, -0.2) is 0 Å². The summed E-state index contributed by atoms with van der Waals surface area (Å²) in [5.74, 6) is 0.600. The SMILES string of the molecule is O=C(CCC(=O)N1CCOc2ccc(Cl)cc21)N1CCc2ccccc2C1. The van der Waals surface area contributed by atoms with Gasteiger partial charge in [0, 0.05) is 31.0 Å². The molecule has 6 heteroatoms. The van der Waals surface area contributed by atoms with Crippen molar-refractivity contribution in [3.05, 3.63) is 58.6 Å². The van der Waals surface area contributed by atoms with Gasteiger partial charge in [0.15, 0.2) is 0 Å². The Labute approximate surface area is 163 Å². The zero-order chi connectivity index (χ0) is 18.8. The summed E-state index contributed by atoms with van der Waals surface area (Å²) < 4.78 is 5.59. The first-order valence-corrected chi connectivity index (χ1v) is 9.57. The van der Waals surface area contributed by atoms with Crippen molar-refractivity contribution in [3.8, 4) is 5.75 Å². The molecule has 0 unspecified atom stereocenters. The van der Waals surface area contributed by atoms with E-state index in [1.165, 1.54) is 11.1 Å². The summed E-state index contributed by atoms with van der Waals surface area (Å²) in [4.78, 5) is 28.8. The van der Waals surface area contributed by atoms with Gasteiger partial charge in [-0.15, -0.1) is 0 Å². The first-order chi connectivity index (χ1) is 13.1. The van der Waals surface area contributed by atoms with Crippen LogP contribution >= 0.6 is 11.6 Å². The van der Waals surface area contributed by atoms with Crippen molar-refractivity contribution in [1.82, 2.24) is 4.90 Å². The maximum absolute atomic E-state index is 12.7. The molecule has 0 saturated carbocycles. The second kappa shape index (κ2) is 7.61. The van der Waals surface area contributed by atoms with E-state index in [-0.39, 0.29) is 24.7 Å². The van der Waals surface area contributed by atoms with Gasteiger partial charge in [-0.05, 0) is 35.7 Å². The van der Waals surface area contributed by atoms with Gasteiger partial charge in [-0.2, -0.15) is 0 Å². The molecule has 0 fully saturated rings. The lowest BCUT2D eigenvalue weighted by Crippen LogP contribution is -2.39. The third kappa shape index (κ3) is 3.78. The molecule has 2 aliphatic rings. The number of fused-ring (bicyclic) bond motifs is 2. The Hall–Kier alpha value is -2.53. The molecule has 27 heavy (non-hydrogen) atoms. The zero-order valence-electron chi connectivity index (χ0n) is 15.0. The van der Waals surface area contributed by atoms with E-state index in [9.17, 15) is 9.59 Å². The van der Waals surface area contributed by atoms with Gasteiger partial charge in [0.05, 0.1) is 12.2 Å². The minimum atomic E-state index is -0.0763. The Morgan fingerprint density at radius 3 is 2.63 bits per heavy atom. The molecule has 0 N–H and O–H groups in total. The van der Waals surface area contributed by atoms with Gasteiger partial charge in [-0.1, -0.05) is 35.9 Å². The Morgan fingerprint density at radius 2 is 1.78 bits per heavy atom. The molecule has 0 bridgehead atoms. The molecule has 0 saturated heterocycles. The first kappa shape index (κ1) is 17.9. The van der Waals surface area contributed by atoms with Crippen LogP contribution in [0, 0.1) is 0 Å². The fraction of sp³-hybridized carbons (Fsp3) is 0.333. The van der Waals surface area contributed by atoms with Crippen molar-refractivity contribution in [2.45, 2.75) is 25.8 Å². The second-order valence-electron chi connectivity index (χ2n) is 6.84. The van der Waals surface area contributed by atoms with Crippen molar-refractivity contribution >= 4 is 29.1 Å². The topological polar surface area (TPSA) is 49.9 Å². The highest BCUT2D eigenvalue weighted by molar-refractivity contribution is 6.31. The number of nitrogens with zero attached hydrogens (tertiary/aromatic N) is 2. The van der Waals surface area contributed by atoms with Crippen molar-refractivity contribution in [1.29, 1.82) is 0 Å². The molecule has 2 amide bonds. The van der Waals surface area contributed by atoms with Crippen LogP contribution in [0.1, 0.15) is 24.0 Å². The van der Waals surface area contributed by atoms with Crippen LogP contribution in [-0.4, -0.2) is 36.4 Å². The summed E-state index contributed by atoms with van der Waals surface area (Å²) in [6.45, 7) is 2.24. The van der Waals surface area contributed by atoms with Crippen LogP contribution in [0.2, 0.25) is 5.02 Å². The molecule has 2 heterocycles. The number of amides is 2. The summed E-state index contributed by atoms with van der Waals surface area (Å²) in [5.41, 5.74) is 3.18. The van der Waals surface area contributed by atoms with Crippen LogP contribution in [0.3, 0.4) is 0 Å². The third-order valence-electron chi connectivity index (χ3n) is 5.12. The Bertz CT molecular complexity index is 883. The molecule has 0 spiro atoms. The van der Waals surface area contributed by atoms with Crippen LogP contribution in [-0.2, 0) is 22.6 Å². The van der Waals surface area contributed by atoms with Crippen LogP contribution in [0.5, 0.6) is 5.75 Å². The van der Waals surface area contributed by atoms with E-state index in [1.54, 1.807) is 23.1 Å². The Kier molecular flexibility index (Phi) is 5.03. The molecule has 0 aromatic heterocycles. The fourth-order valence-corrected chi connectivity index (χ4v) is 3.83. The van der Waals surface area contributed by atoms with E-state index in [4.69, 9.17) is 16.3 Å². The molecule has 140 valence electrons. The van der Waals surface area contributed by atoms with Crippen LogP contribution in [0.15, 0.2) is 42.5 Å². The molecule has 4 rings (SSSR count). The van der Waals surface area contributed by atoms with Gasteiger partial charge < -0.3 is 14.5 Å².